The number of benzene rings is 1. The van der Waals surface area contributed by atoms with Gasteiger partial charge in [0.05, 0.1) is 12.2 Å². The van der Waals surface area contributed by atoms with E-state index in [0.717, 1.165) is 0 Å². The maximum absolute atomic E-state index is 13.9. The maximum Gasteiger partial charge on any atom is 0.290 e. The van der Waals surface area contributed by atoms with E-state index in [2.05, 4.69) is 6.92 Å². The lowest BCUT2D eigenvalue weighted by Gasteiger charge is -2.19. The topological polar surface area (TPSA) is 63.6 Å². The molecule has 1 aliphatic carbocycles. The molecule has 3 unspecified atom stereocenters. The molecule has 0 amide bonds. The number of carboxylic acid groups (broad SMARTS) is 1. The van der Waals surface area contributed by atoms with E-state index in [4.69, 9.17) is 14.6 Å². The molecule has 20 heavy (non-hydrogen) atoms. The summed E-state index contributed by atoms with van der Waals surface area (Å²) >= 11 is 0. The largest absolute Gasteiger partial charge is 0.492 e. The second-order valence-electron chi connectivity index (χ2n) is 5.08. The van der Waals surface area contributed by atoms with Gasteiger partial charge in [-0.15, -0.1) is 0 Å². The first-order valence-corrected chi connectivity index (χ1v) is 6.63. The monoisotopic (exact) mass is 280 g/mol. The highest BCUT2D eigenvalue weighted by atomic mass is 19.1. The van der Waals surface area contributed by atoms with Crippen LogP contribution in [0.2, 0.25) is 0 Å². The normalized spacial score (nSPS) is 25.2. The Bertz CT molecular complexity index is 541. The first kappa shape index (κ1) is 14.5. The van der Waals surface area contributed by atoms with Crippen molar-refractivity contribution < 1.29 is 23.8 Å². The third kappa shape index (κ3) is 2.28. The summed E-state index contributed by atoms with van der Waals surface area (Å²) in [6, 6.07) is 2.95. The van der Waals surface area contributed by atoms with Crippen LogP contribution >= 0.6 is 0 Å². The zero-order valence-electron chi connectivity index (χ0n) is 11.4. The van der Waals surface area contributed by atoms with E-state index in [0.29, 0.717) is 41.7 Å². The summed E-state index contributed by atoms with van der Waals surface area (Å²) < 4.78 is 19.5. The number of Topliss-reactive ketones (excluding diaryl/α,β-unsaturated/α-hetero) is 1. The molecule has 0 radical (unpaired) electrons. The van der Waals surface area contributed by atoms with Crippen LogP contribution in [0.15, 0.2) is 12.1 Å². The highest BCUT2D eigenvalue weighted by molar-refractivity contribution is 5.99. The molecule has 1 fully saturated rings. The van der Waals surface area contributed by atoms with Gasteiger partial charge in [0, 0.05) is 17.9 Å². The van der Waals surface area contributed by atoms with E-state index in [9.17, 15) is 9.18 Å². The average molecular weight is 280 g/mol. The SMILES string of the molecule is CCC(=O)c1ccc(F)c2c1OCC1C(C)C21.O=CO. The van der Waals surface area contributed by atoms with Crippen LogP contribution in [0, 0.1) is 17.7 Å². The Labute approximate surface area is 116 Å². The van der Waals surface area contributed by atoms with Crippen molar-refractivity contribution in [3.05, 3.63) is 29.1 Å². The van der Waals surface area contributed by atoms with Crippen LogP contribution in [0.25, 0.3) is 0 Å². The van der Waals surface area contributed by atoms with Gasteiger partial charge in [0.2, 0.25) is 0 Å². The number of hydrogen-bond acceptors (Lipinski definition) is 3. The van der Waals surface area contributed by atoms with Crippen molar-refractivity contribution in [1.29, 1.82) is 0 Å². The van der Waals surface area contributed by atoms with Crippen molar-refractivity contribution >= 4 is 12.3 Å². The molecule has 1 aromatic rings. The molecule has 2 aliphatic rings. The number of hydrogen-bond donors (Lipinski definition) is 1. The van der Waals surface area contributed by atoms with Crippen LogP contribution in [0.3, 0.4) is 0 Å². The molecular weight excluding hydrogens is 263 g/mol. The molecule has 3 atom stereocenters. The van der Waals surface area contributed by atoms with Gasteiger partial charge in [-0.3, -0.25) is 9.59 Å². The van der Waals surface area contributed by atoms with Crippen LogP contribution in [0.1, 0.15) is 42.1 Å². The molecule has 1 aliphatic heterocycles. The molecule has 0 saturated heterocycles. The minimum atomic E-state index is -0.250. The van der Waals surface area contributed by atoms with Gasteiger partial charge in [0.25, 0.3) is 6.47 Å². The lowest BCUT2D eigenvalue weighted by atomic mass is 9.97. The quantitative estimate of drug-likeness (QED) is 0.668. The molecular formula is C15H17FO4. The van der Waals surface area contributed by atoms with Crippen LogP contribution in [-0.4, -0.2) is 24.0 Å². The Balaban J connectivity index is 0.000000452. The van der Waals surface area contributed by atoms with Gasteiger partial charge in [-0.25, -0.2) is 4.39 Å². The van der Waals surface area contributed by atoms with E-state index in [1.54, 1.807) is 6.07 Å². The van der Waals surface area contributed by atoms with Gasteiger partial charge in [-0.1, -0.05) is 13.8 Å². The summed E-state index contributed by atoms with van der Waals surface area (Å²) in [6.45, 7) is 4.29. The molecule has 0 bridgehead atoms. The Kier molecular flexibility index (Phi) is 4.06. The molecule has 5 heteroatoms. The molecule has 0 spiro atoms. The predicted molar refractivity (Wildman–Crippen MR) is 70.6 cm³/mol. The average Bonchev–Trinajstić information content (AvgIpc) is 3.10. The van der Waals surface area contributed by atoms with Gasteiger partial charge in [-0.05, 0) is 24.0 Å². The van der Waals surface area contributed by atoms with Crippen molar-refractivity contribution in [1.82, 2.24) is 0 Å². The minimum absolute atomic E-state index is 0.0213. The van der Waals surface area contributed by atoms with Gasteiger partial charge in [0.1, 0.15) is 11.6 Å². The second-order valence-corrected chi connectivity index (χ2v) is 5.08. The predicted octanol–water partition coefficient (Wildman–Crippen LogP) is 2.86. The fourth-order valence-corrected chi connectivity index (χ4v) is 2.91. The lowest BCUT2D eigenvalue weighted by Crippen LogP contribution is -2.14. The van der Waals surface area contributed by atoms with Gasteiger partial charge >= 0.3 is 0 Å². The first-order chi connectivity index (χ1) is 9.56. The van der Waals surface area contributed by atoms with Crippen LogP contribution in [0.4, 0.5) is 4.39 Å². The number of fused-ring (bicyclic) bond motifs is 3. The lowest BCUT2D eigenvalue weighted by molar-refractivity contribution is -0.122. The zero-order valence-corrected chi connectivity index (χ0v) is 11.4. The van der Waals surface area contributed by atoms with E-state index >= 15 is 0 Å². The van der Waals surface area contributed by atoms with Crippen molar-refractivity contribution in [2.75, 3.05) is 6.61 Å². The summed E-state index contributed by atoms with van der Waals surface area (Å²) in [4.78, 5) is 20.2. The molecule has 1 aromatic carbocycles. The summed E-state index contributed by atoms with van der Waals surface area (Å²) in [5, 5.41) is 6.89. The highest BCUT2D eigenvalue weighted by Crippen LogP contribution is 2.59. The van der Waals surface area contributed by atoms with Crippen molar-refractivity contribution in [2.45, 2.75) is 26.2 Å². The third-order valence-corrected chi connectivity index (χ3v) is 4.08. The fraction of sp³-hybridized carbons (Fsp3) is 0.467. The van der Waals surface area contributed by atoms with E-state index in [1.807, 2.05) is 6.92 Å². The standard InChI is InChI=1S/C14H15FO2.CH2O2/c1-3-11(16)8-4-5-10(15)13-12-7(2)9(12)6-17-14(8)13;2-1-3/h4-5,7,9,12H,3,6H2,1-2H3;1H,(H,2,3). The van der Waals surface area contributed by atoms with Gasteiger partial charge in [0.15, 0.2) is 5.78 Å². The Morgan fingerprint density at radius 3 is 2.80 bits per heavy atom. The van der Waals surface area contributed by atoms with Crippen molar-refractivity contribution in [3.63, 3.8) is 0 Å². The van der Waals surface area contributed by atoms with Crippen molar-refractivity contribution in [3.8, 4) is 5.75 Å². The number of carbonyl (C=O) groups excluding carboxylic acids is 1. The third-order valence-electron chi connectivity index (χ3n) is 4.08. The zero-order chi connectivity index (χ0) is 14.9. The van der Waals surface area contributed by atoms with E-state index in [-0.39, 0.29) is 24.0 Å². The van der Waals surface area contributed by atoms with Crippen LogP contribution in [-0.2, 0) is 4.79 Å². The number of ether oxygens (including phenoxy) is 1. The molecule has 1 saturated carbocycles. The number of rotatable bonds is 2. The second kappa shape index (κ2) is 5.61. The highest BCUT2D eigenvalue weighted by Gasteiger charge is 2.53. The molecule has 4 nitrogen and oxygen atoms in total. The Morgan fingerprint density at radius 2 is 2.20 bits per heavy atom. The molecule has 108 valence electrons. The van der Waals surface area contributed by atoms with Gasteiger partial charge < -0.3 is 9.84 Å². The minimum Gasteiger partial charge on any atom is -0.492 e. The fourth-order valence-electron chi connectivity index (χ4n) is 2.91. The number of ketones is 1. The van der Waals surface area contributed by atoms with E-state index in [1.165, 1.54) is 6.07 Å². The smallest absolute Gasteiger partial charge is 0.290 e. The molecule has 0 aromatic heterocycles. The first-order valence-electron chi connectivity index (χ1n) is 6.63. The summed E-state index contributed by atoms with van der Waals surface area (Å²) in [6.07, 6.45) is 0.422. The summed E-state index contributed by atoms with van der Waals surface area (Å²) in [5.41, 5.74) is 1.18. The molecule has 1 heterocycles. The summed E-state index contributed by atoms with van der Waals surface area (Å²) in [7, 11) is 0. The number of halogens is 1. The number of carbonyl (C=O) groups is 2. The van der Waals surface area contributed by atoms with E-state index < -0.39 is 0 Å². The van der Waals surface area contributed by atoms with Crippen molar-refractivity contribution in [2.24, 2.45) is 11.8 Å². The molecule has 1 N–H and O–H groups in total. The maximum atomic E-state index is 13.9. The Hall–Kier alpha value is -1.91. The van der Waals surface area contributed by atoms with Gasteiger partial charge in [-0.2, -0.15) is 0 Å². The Morgan fingerprint density at radius 1 is 1.55 bits per heavy atom. The summed E-state index contributed by atoms with van der Waals surface area (Å²) in [5.74, 6) is 1.45. The molecule has 3 rings (SSSR count). The van der Waals surface area contributed by atoms with Crippen LogP contribution in [0.5, 0.6) is 5.75 Å². The van der Waals surface area contributed by atoms with Crippen LogP contribution < -0.4 is 4.74 Å².